The van der Waals surface area contributed by atoms with E-state index in [-0.39, 0.29) is 6.04 Å². The highest BCUT2D eigenvalue weighted by molar-refractivity contribution is 7.89. The topological polar surface area (TPSA) is 58.6 Å². The van der Waals surface area contributed by atoms with E-state index in [2.05, 4.69) is 5.32 Å². The molecule has 0 bridgehead atoms. The minimum absolute atomic E-state index is 0.167. The molecule has 1 aromatic carbocycles. The molecule has 1 N–H and O–H groups in total. The number of nitrogens with zero attached hydrogens (tertiary/aromatic N) is 1. The van der Waals surface area contributed by atoms with Gasteiger partial charge < -0.3 is 10.1 Å². The Morgan fingerprint density at radius 1 is 1.42 bits per heavy atom. The summed E-state index contributed by atoms with van der Waals surface area (Å²) >= 11 is 0. The Labute approximate surface area is 114 Å². The fourth-order valence-corrected chi connectivity index (χ4v) is 3.51. The molecule has 0 heterocycles. The lowest BCUT2D eigenvalue weighted by molar-refractivity contribution is 0.407. The minimum atomic E-state index is -3.39. The number of rotatable bonds is 6. The number of hydrogen-bond acceptors (Lipinski definition) is 4. The molecule has 0 saturated heterocycles. The van der Waals surface area contributed by atoms with Gasteiger partial charge in [-0.2, -0.15) is 4.31 Å². The maximum atomic E-state index is 12.4. The largest absolute Gasteiger partial charge is 0.496 e. The molecule has 0 atom stereocenters. The van der Waals surface area contributed by atoms with Crippen molar-refractivity contribution in [2.24, 2.45) is 0 Å². The molecule has 1 saturated carbocycles. The molecule has 1 aliphatic rings. The SMILES string of the molecule is CNCc1cc(S(=O)(=O)N(C)C2CC2)ccc1OC. The fourth-order valence-electron chi connectivity index (χ4n) is 2.04. The van der Waals surface area contributed by atoms with Crippen LogP contribution in [0, 0.1) is 0 Å². The summed E-state index contributed by atoms with van der Waals surface area (Å²) in [6.07, 6.45) is 1.91. The van der Waals surface area contributed by atoms with Gasteiger partial charge in [0.2, 0.25) is 10.0 Å². The van der Waals surface area contributed by atoms with Crippen molar-refractivity contribution in [3.8, 4) is 5.75 Å². The van der Waals surface area contributed by atoms with Gasteiger partial charge in [-0.3, -0.25) is 0 Å². The van der Waals surface area contributed by atoms with Crippen LogP contribution >= 0.6 is 0 Å². The Balaban J connectivity index is 2.36. The zero-order valence-electron chi connectivity index (χ0n) is 11.5. The standard InChI is InChI=1S/C13H20N2O3S/c1-14-9-10-8-12(6-7-13(10)18-3)19(16,17)15(2)11-4-5-11/h6-8,11,14H,4-5,9H2,1-3H3. The predicted octanol–water partition coefficient (Wildman–Crippen LogP) is 1.20. The molecule has 0 unspecified atom stereocenters. The van der Waals surface area contributed by atoms with E-state index in [0.29, 0.717) is 17.2 Å². The first kappa shape index (κ1) is 14.3. The third-order valence-electron chi connectivity index (χ3n) is 3.36. The van der Waals surface area contributed by atoms with Gasteiger partial charge in [0, 0.05) is 25.2 Å². The highest BCUT2D eigenvalue weighted by Gasteiger charge is 2.35. The van der Waals surface area contributed by atoms with E-state index in [1.54, 1.807) is 32.4 Å². The van der Waals surface area contributed by atoms with E-state index in [9.17, 15) is 8.42 Å². The highest BCUT2D eigenvalue weighted by atomic mass is 32.2. The molecule has 0 radical (unpaired) electrons. The van der Waals surface area contributed by atoms with Gasteiger partial charge in [-0.1, -0.05) is 0 Å². The van der Waals surface area contributed by atoms with Gasteiger partial charge >= 0.3 is 0 Å². The third-order valence-corrected chi connectivity index (χ3v) is 5.26. The summed E-state index contributed by atoms with van der Waals surface area (Å²) in [5, 5.41) is 3.01. The van der Waals surface area contributed by atoms with Gasteiger partial charge in [-0.05, 0) is 38.1 Å². The van der Waals surface area contributed by atoms with Crippen molar-refractivity contribution in [2.45, 2.75) is 30.3 Å². The Bertz CT molecular complexity index is 553. The van der Waals surface area contributed by atoms with Crippen LogP contribution < -0.4 is 10.1 Å². The van der Waals surface area contributed by atoms with Crippen molar-refractivity contribution < 1.29 is 13.2 Å². The lowest BCUT2D eigenvalue weighted by Crippen LogP contribution is -2.29. The van der Waals surface area contributed by atoms with Crippen LogP contribution in [-0.2, 0) is 16.6 Å². The zero-order valence-corrected chi connectivity index (χ0v) is 12.3. The van der Waals surface area contributed by atoms with Gasteiger partial charge in [0.05, 0.1) is 12.0 Å². The van der Waals surface area contributed by atoms with Crippen molar-refractivity contribution in [3.63, 3.8) is 0 Å². The summed E-state index contributed by atoms with van der Waals surface area (Å²) in [5.74, 6) is 0.697. The lowest BCUT2D eigenvalue weighted by Gasteiger charge is -2.17. The lowest BCUT2D eigenvalue weighted by atomic mass is 10.2. The van der Waals surface area contributed by atoms with E-state index in [0.717, 1.165) is 18.4 Å². The number of hydrogen-bond donors (Lipinski definition) is 1. The Kier molecular flexibility index (Phi) is 4.13. The number of ether oxygens (including phenoxy) is 1. The van der Waals surface area contributed by atoms with Crippen LogP contribution in [0.4, 0.5) is 0 Å². The van der Waals surface area contributed by atoms with Crippen molar-refractivity contribution in [1.29, 1.82) is 0 Å². The van der Waals surface area contributed by atoms with Crippen molar-refractivity contribution >= 4 is 10.0 Å². The summed E-state index contributed by atoms with van der Waals surface area (Å²) in [7, 11) is 1.65. The van der Waals surface area contributed by atoms with E-state index >= 15 is 0 Å². The summed E-state index contributed by atoms with van der Waals surface area (Å²) < 4.78 is 31.6. The molecule has 1 aliphatic carbocycles. The normalized spacial score (nSPS) is 15.8. The summed E-state index contributed by atoms with van der Waals surface area (Å²) in [6, 6.07) is 5.16. The Morgan fingerprint density at radius 2 is 2.11 bits per heavy atom. The van der Waals surface area contributed by atoms with Crippen LogP contribution in [0.3, 0.4) is 0 Å². The van der Waals surface area contributed by atoms with Crippen LogP contribution in [0.2, 0.25) is 0 Å². The molecule has 2 rings (SSSR count). The van der Waals surface area contributed by atoms with Crippen molar-refractivity contribution in [3.05, 3.63) is 23.8 Å². The van der Waals surface area contributed by atoms with Gasteiger partial charge in [0.15, 0.2) is 0 Å². The Morgan fingerprint density at radius 3 is 2.63 bits per heavy atom. The zero-order chi connectivity index (χ0) is 14.0. The third kappa shape index (κ3) is 2.91. The summed E-state index contributed by atoms with van der Waals surface area (Å²) in [5.41, 5.74) is 0.843. The molecule has 106 valence electrons. The van der Waals surface area contributed by atoms with Crippen molar-refractivity contribution in [2.75, 3.05) is 21.2 Å². The second-order valence-electron chi connectivity index (χ2n) is 4.76. The second kappa shape index (κ2) is 5.48. The van der Waals surface area contributed by atoms with Crippen LogP contribution in [-0.4, -0.2) is 40.0 Å². The first-order valence-corrected chi connectivity index (χ1v) is 7.74. The predicted molar refractivity (Wildman–Crippen MR) is 73.7 cm³/mol. The summed E-state index contributed by atoms with van der Waals surface area (Å²) in [4.78, 5) is 0.327. The molecule has 0 spiro atoms. The maximum Gasteiger partial charge on any atom is 0.243 e. The van der Waals surface area contributed by atoms with E-state index in [4.69, 9.17) is 4.74 Å². The van der Waals surface area contributed by atoms with Gasteiger partial charge in [0.25, 0.3) is 0 Å². The van der Waals surface area contributed by atoms with Crippen LogP contribution in [0.25, 0.3) is 0 Å². The molecule has 6 heteroatoms. The molecule has 0 aromatic heterocycles. The molecule has 19 heavy (non-hydrogen) atoms. The number of nitrogens with one attached hydrogen (secondary N) is 1. The van der Waals surface area contributed by atoms with E-state index in [1.807, 2.05) is 7.05 Å². The highest BCUT2D eigenvalue weighted by Crippen LogP contribution is 2.31. The number of methoxy groups -OCH3 is 1. The molecular formula is C13H20N2O3S. The van der Waals surface area contributed by atoms with Crippen LogP contribution in [0.5, 0.6) is 5.75 Å². The molecular weight excluding hydrogens is 264 g/mol. The van der Waals surface area contributed by atoms with E-state index < -0.39 is 10.0 Å². The average molecular weight is 284 g/mol. The molecule has 1 fully saturated rings. The van der Waals surface area contributed by atoms with Gasteiger partial charge in [-0.25, -0.2) is 8.42 Å². The molecule has 0 amide bonds. The number of benzene rings is 1. The fraction of sp³-hybridized carbons (Fsp3) is 0.538. The number of sulfonamides is 1. The van der Waals surface area contributed by atoms with Crippen LogP contribution in [0.1, 0.15) is 18.4 Å². The van der Waals surface area contributed by atoms with Crippen molar-refractivity contribution in [1.82, 2.24) is 9.62 Å². The summed E-state index contributed by atoms with van der Waals surface area (Å²) in [6.45, 7) is 0.569. The van der Waals surface area contributed by atoms with E-state index in [1.165, 1.54) is 4.31 Å². The van der Waals surface area contributed by atoms with Crippen LogP contribution in [0.15, 0.2) is 23.1 Å². The monoisotopic (exact) mass is 284 g/mol. The van der Waals surface area contributed by atoms with Gasteiger partial charge in [0.1, 0.15) is 5.75 Å². The van der Waals surface area contributed by atoms with Gasteiger partial charge in [-0.15, -0.1) is 0 Å². The smallest absolute Gasteiger partial charge is 0.243 e. The molecule has 5 nitrogen and oxygen atoms in total. The first-order chi connectivity index (χ1) is 9.00. The second-order valence-corrected chi connectivity index (χ2v) is 6.75. The molecule has 0 aliphatic heterocycles. The quantitative estimate of drug-likeness (QED) is 0.852. The minimum Gasteiger partial charge on any atom is -0.496 e. The molecule has 1 aromatic rings. The first-order valence-electron chi connectivity index (χ1n) is 6.30. The Hall–Kier alpha value is -1.11. The maximum absolute atomic E-state index is 12.4. The average Bonchev–Trinajstić information content (AvgIpc) is 3.22.